The Hall–Kier alpha value is 0.445. The molecule has 0 heterocycles. The number of halogens is 9. The Balaban J connectivity index is 4.42. The van der Waals surface area contributed by atoms with Gasteiger partial charge in [-0.15, -0.1) is 0 Å². The maximum atomic E-state index is 11.7. The van der Waals surface area contributed by atoms with Crippen LogP contribution in [0, 0.1) is 0 Å². The van der Waals surface area contributed by atoms with Crippen molar-refractivity contribution in [1.82, 2.24) is 3.62 Å². The van der Waals surface area contributed by atoms with Crippen LogP contribution in [-0.2, 0) is 0 Å². The lowest BCUT2D eigenvalue weighted by Gasteiger charge is -2.21. The summed E-state index contributed by atoms with van der Waals surface area (Å²) >= 11 is -3.78. The lowest BCUT2D eigenvalue weighted by Crippen LogP contribution is -2.23. The molecular weight excluding hydrogens is 328 g/mol. The van der Waals surface area contributed by atoms with E-state index < -0.39 is 55.7 Å². The van der Waals surface area contributed by atoms with E-state index in [1.165, 1.54) is 0 Å². The van der Waals surface area contributed by atoms with E-state index in [0.29, 0.717) is 0 Å². The predicted molar refractivity (Wildman–Crippen MR) is 48.5 cm³/mol. The molecule has 0 saturated heterocycles. The monoisotopic (exact) mass is 328 g/mol. The van der Waals surface area contributed by atoms with Crippen molar-refractivity contribution < 1.29 is 39.5 Å². The number of hydrogen-bond acceptors (Lipinski definition) is 4. The molecule has 0 bridgehead atoms. The Kier molecular flexibility index (Phi) is 6.22. The van der Waals surface area contributed by atoms with Crippen molar-refractivity contribution in [3.05, 3.63) is 0 Å². The van der Waals surface area contributed by atoms with Gasteiger partial charge in [-0.25, -0.2) is 3.62 Å². The van der Waals surface area contributed by atoms with Gasteiger partial charge in [-0.3, -0.25) is 0 Å². The third-order valence-electron chi connectivity index (χ3n) is 0.659. The zero-order valence-corrected chi connectivity index (χ0v) is 9.60. The maximum absolute atomic E-state index is 11.7. The average molecular weight is 328 g/mol. The quantitative estimate of drug-likeness (QED) is 0.427. The number of hydrogen-bond donors (Lipinski definition) is 0. The van der Waals surface area contributed by atoms with Gasteiger partial charge >= 0.3 is 23.2 Å². The molecule has 0 saturated carbocycles. The molecule has 0 aromatic heterocycles. The van der Waals surface area contributed by atoms with Crippen molar-refractivity contribution in [3.63, 3.8) is 0 Å². The minimum Gasteiger partial charge on any atom is -0.214 e. The molecule has 0 spiro atoms. The van der Waals surface area contributed by atoms with Crippen LogP contribution in [0.4, 0.5) is 39.5 Å². The highest BCUT2D eigenvalue weighted by molar-refractivity contribution is 8.27. The molecule has 0 N–H and O–H groups in total. The Labute approximate surface area is 102 Å². The van der Waals surface area contributed by atoms with Gasteiger partial charge in [-0.05, 0) is 0 Å². The van der Waals surface area contributed by atoms with Crippen molar-refractivity contribution in [3.8, 4) is 0 Å². The Morgan fingerprint density at radius 2 is 1.00 bits per heavy atom. The second-order valence-corrected chi connectivity index (χ2v) is 5.25. The molecule has 14 heteroatoms. The van der Waals surface area contributed by atoms with Crippen LogP contribution in [0.15, 0.2) is 0 Å². The number of nitrogens with zero attached hydrogens (tertiary/aromatic N) is 1. The van der Waals surface area contributed by atoms with Gasteiger partial charge in [0.15, 0.2) is 0 Å². The van der Waals surface area contributed by atoms with Crippen molar-refractivity contribution in [2.45, 2.75) is 16.5 Å². The maximum Gasteiger partial charge on any atom is 0.456 e. The first-order valence-corrected chi connectivity index (χ1v) is 5.60. The second-order valence-electron chi connectivity index (χ2n) is 2.03. The van der Waals surface area contributed by atoms with Gasteiger partial charge in [0.2, 0.25) is 0 Å². The minimum atomic E-state index is -5.12. The molecule has 0 unspecified atom stereocenters. The van der Waals surface area contributed by atoms with E-state index in [-0.39, 0.29) is 6.69 Å². The zero-order chi connectivity index (χ0) is 13.9. The summed E-state index contributed by atoms with van der Waals surface area (Å²) in [6.45, 7) is -0.309. The fourth-order valence-electron chi connectivity index (χ4n) is 0.368. The highest BCUT2D eigenvalue weighted by Gasteiger charge is 2.42. The molecule has 0 rings (SSSR count). The van der Waals surface area contributed by atoms with Crippen molar-refractivity contribution in [2.24, 2.45) is 0 Å². The van der Waals surface area contributed by atoms with Crippen molar-refractivity contribution in [2.75, 3.05) is 0 Å². The largest absolute Gasteiger partial charge is 0.456 e. The molecule has 1 nitrogen and oxygen atoms in total. The summed E-state index contributed by atoms with van der Waals surface area (Å²) in [6.07, 6.45) is 0. The minimum absolute atomic E-state index is 0.309. The molecule has 101 valence electrons. The average Bonchev–Trinajstić information content (AvgIpc) is 1.92. The lowest BCUT2D eigenvalue weighted by atomic mass is 10.5. The van der Waals surface area contributed by atoms with E-state index in [1.807, 2.05) is 0 Å². The van der Waals surface area contributed by atoms with Gasteiger partial charge < -0.3 is 0 Å². The molecule has 0 amide bonds. The summed E-state index contributed by atoms with van der Waals surface area (Å²) in [7, 11) is 0. The third-order valence-corrected chi connectivity index (χ3v) is 2.94. The summed E-state index contributed by atoms with van der Waals surface area (Å²) in [6, 6.07) is 0. The van der Waals surface area contributed by atoms with Crippen LogP contribution in [-0.4, -0.2) is 26.8 Å². The molecule has 0 aliphatic rings. The van der Waals surface area contributed by atoms with Crippen LogP contribution in [0.5, 0.6) is 0 Å². The van der Waals surface area contributed by atoms with Gasteiger partial charge in [0.05, 0.1) is 0 Å². The van der Waals surface area contributed by atoms with Gasteiger partial charge in [0, 0.05) is 23.9 Å². The van der Waals surface area contributed by atoms with Gasteiger partial charge in [0.1, 0.15) is 0 Å². The highest BCUT2D eigenvalue weighted by atomic mass is 32.2. The second kappa shape index (κ2) is 6.06. The Bertz CT molecular complexity index is 219. The van der Waals surface area contributed by atoms with Gasteiger partial charge in [0.25, 0.3) is 0 Å². The highest BCUT2D eigenvalue weighted by Crippen LogP contribution is 2.45. The van der Waals surface area contributed by atoms with Crippen LogP contribution >= 0.6 is 35.5 Å². The topological polar surface area (TPSA) is 3.24 Å². The zero-order valence-electron chi connectivity index (χ0n) is 7.15. The fourth-order valence-corrected chi connectivity index (χ4v) is 2.24. The van der Waals surface area contributed by atoms with E-state index in [4.69, 9.17) is 0 Å². The molecule has 0 fully saturated rings. The predicted octanol–water partition coefficient (Wildman–Crippen LogP) is 4.41. The van der Waals surface area contributed by atoms with E-state index >= 15 is 0 Å². The molecule has 0 atom stereocenters. The normalized spacial score (nSPS) is 14.2. The summed E-state index contributed by atoms with van der Waals surface area (Å²) in [4.78, 5) is 0. The van der Waals surface area contributed by atoms with Gasteiger partial charge in [-0.2, -0.15) is 39.5 Å². The molecule has 0 aliphatic heterocycles. The Morgan fingerprint density at radius 3 is 1.24 bits per heavy atom. The fraction of sp³-hybridized carbons (Fsp3) is 1.00. The number of alkyl halides is 9. The molecule has 0 aromatic rings. The lowest BCUT2D eigenvalue weighted by molar-refractivity contribution is -0.0375. The van der Waals surface area contributed by atoms with E-state index in [0.717, 1.165) is 0 Å². The van der Waals surface area contributed by atoms with E-state index in [9.17, 15) is 39.5 Å². The van der Waals surface area contributed by atoms with Crippen LogP contribution in [0.2, 0.25) is 0 Å². The smallest absolute Gasteiger partial charge is 0.214 e. The molecule has 0 aromatic carbocycles. The summed E-state index contributed by atoms with van der Waals surface area (Å²) in [5.41, 5.74) is -15.2. The van der Waals surface area contributed by atoms with Gasteiger partial charge in [-0.1, -0.05) is 11.6 Å². The van der Waals surface area contributed by atoms with E-state index in [1.54, 1.807) is 0 Å². The summed E-state index contributed by atoms with van der Waals surface area (Å²) in [5.74, 6) is 0. The first-order valence-electron chi connectivity index (χ1n) is 3.17. The molecule has 17 heavy (non-hydrogen) atoms. The molecular formula is C3BF9NS3. The first kappa shape index (κ1) is 17.4. The summed E-state index contributed by atoms with van der Waals surface area (Å²) in [5, 5.41) is 0. The summed E-state index contributed by atoms with van der Waals surface area (Å²) < 4.78 is 105. The van der Waals surface area contributed by atoms with Crippen LogP contribution in [0.1, 0.15) is 0 Å². The van der Waals surface area contributed by atoms with Crippen LogP contribution in [0.3, 0.4) is 0 Å². The van der Waals surface area contributed by atoms with Crippen molar-refractivity contribution in [1.29, 1.82) is 0 Å². The number of rotatable bonds is 4. The van der Waals surface area contributed by atoms with Crippen LogP contribution in [0.25, 0.3) is 0 Å². The SMILES string of the molecule is FC(F)(F)S[B]N(SC(F)(F)F)SC(F)(F)F. The van der Waals surface area contributed by atoms with Crippen molar-refractivity contribution >= 4 is 42.2 Å². The van der Waals surface area contributed by atoms with Crippen LogP contribution < -0.4 is 0 Å². The van der Waals surface area contributed by atoms with E-state index in [2.05, 4.69) is 0 Å². The Morgan fingerprint density at radius 1 is 0.647 bits per heavy atom. The first-order chi connectivity index (χ1) is 7.29. The third kappa shape index (κ3) is 12.7. The molecule has 1 radical (unpaired) electrons. The standard InChI is InChI=1S/C3BF9NS3/c5-1(6,7)15-4-14(16-2(8,9)10)17-3(11,12)13. The molecule has 0 aliphatic carbocycles.